The molecule has 0 aliphatic carbocycles. The summed E-state index contributed by atoms with van der Waals surface area (Å²) in [6, 6.07) is 14.5. The molecule has 3 aromatic rings. The molecule has 1 N–H and O–H groups in total. The molecule has 0 atom stereocenters. The average molecular weight is 356 g/mol. The Morgan fingerprint density at radius 2 is 1.84 bits per heavy atom. The van der Waals surface area contributed by atoms with Crippen molar-refractivity contribution in [2.75, 3.05) is 0 Å². The van der Waals surface area contributed by atoms with Crippen LogP contribution in [0.15, 0.2) is 65.7 Å². The minimum atomic E-state index is -3.63. The summed E-state index contributed by atoms with van der Waals surface area (Å²) in [5, 5.41) is 13.6. The second-order valence-electron chi connectivity index (χ2n) is 5.59. The van der Waals surface area contributed by atoms with E-state index in [2.05, 4.69) is 5.10 Å². The quantitative estimate of drug-likeness (QED) is 0.759. The lowest BCUT2D eigenvalue weighted by molar-refractivity contribution is 0.0696. The molecule has 128 valence electrons. The maximum atomic E-state index is 12.5. The lowest BCUT2D eigenvalue weighted by atomic mass is 10.0. The number of benzene rings is 2. The van der Waals surface area contributed by atoms with Crippen molar-refractivity contribution in [1.29, 1.82) is 0 Å². The summed E-state index contributed by atoms with van der Waals surface area (Å²) in [6.07, 6.45) is 1.61. The van der Waals surface area contributed by atoms with Gasteiger partial charge in [-0.05, 0) is 29.8 Å². The van der Waals surface area contributed by atoms with Crippen molar-refractivity contribution in [2.45, 2.75) is 10.6 Å². The Labute approximate surface area is 145 Å². The first kappa shape index (κ1) is 16.9. The molecule has 0 aliphatic rings. The molecule has 0 saturated carbocycles. The van der Waals surface area contributed by atoms with E-state index in [0.717, 1.165) is 5.69 Å². The number of hydrogen-bond donors (Lipinski definition) is 1. The van der Waals surface area contributed by atoms with Crippen molar-refractivity contribution in [3.05, 3.63) is 71.9 Å². The van der Waals surface area contributed by atoms with Crippen molar-refractivity contribution in [2.24, 2.45) is 7.05 Å². The first-order valence-corrected chi connectivity index (χ1v) is 9.16. The molecule has 25 heavy (non-hydrogen) atoms. The van der Waals surface area contributed by atoms with E-state index in [0.29, 0.717) is 5.56 Å². The Morgan fingerprint density at radius 3 is 2.44 bits per heavy atom. The summed E-state index contributed by atoms with van der Waals surface area (Å²) in [5.74, 6) is -1.54. The van der Waals surface area contributed by atoms with Crippen molar-refractivity contribution in [3.8, 4) is 11.3 Å². The second-order valence-corrected chi connectivity index (χ2v) is 7.58. The molecule has 0 amide bonds. The van der Waals surface area contributed by atoms with Gasteiger partial charge in [-0.1, -0.05) is 30.3 Å². The van der Waals surface area contributed by atoms with E-state index in [1.165, 1.54) is 18.2 Å². The van der Waals surface area contributed by atoms with Gasteiger partial charge in [-0.2, -0.15) is 5.10 Å². The highest BCUT2D eigenvalue weighted by atomic mass is 32.2. The van der Waals surface area contributed by atoms with Gasteiger partial charge in [0.05, 0.1) is 21.9 Å². The molecular weight excluding hydrogens is 340 g/mol. The predicted octanol–water partition coefficient (Wildman–Crippen LogP) is 2.76. The number of carboxylic acids is 1. The molecule has 0 fully saturated rings. The summed E-state index contributed by atoms with van der Waals surface area (Å²) in [6.45, 7) is 0. The third kappa shape index (κ3) is 3.46. The van der Waals surface area contributed by atoms with E-state index in [1.807, 2.05) is 0 Å². The minimum absolute atomic E-state index is 0.0294. The van der Waals surface area contributed by atoms with Gasteiger partial charge in [0.2, 0.25) is 0 Å². The second kappa shape index (κ2) is 6.52. The molecule has 0 radical (unpaired) electrons. The third-order valence-corrected chi connectivity index (χ3v) is 5.59. The summed E-state index contributed by atoms with van der Waals surface area (Å²) in [4.78, 5) is 11.8. The van der Waals surface area contributed by atoms with Crippen molar-refractivity contribution >= 4 is 15.8 Å². The fourth-order valence-electron chi connectivity index (χ4n) is 2.63. The SMILES string of the molecule is Cn1nccc1-c1ccc(CS(=O)(=O)c2ccccc2)c(C(=O)O)c1. The van der Waals surface area contributed by atoms with Crippen LogP contribution in [0.4, 0.5) is 0 Å². The Morgan fingerprint density at radius 1 is 1.12 bits per heavy atom. The van der Waals surface area contributed by atoms with Gasteiger partial charge in [-0.3, -0.25) is 4.68 Å². The predicted molar refractivity (Wildman–Crippen MR) is 92.9 cm³/mol. The van der Waals surface area contributed by atoms with Gasteiger partial charge >= 0.3 is 5.97 Å². The third-order valence-electron chi connectivity index (χ3n) is 3.90. The zero-order chi connectivity index (χ0) is 18.0. The van der Waals surface area contributed by atoms with Crippen LogP contribution in [-0.4, -0.2) is 29.3 Å². The van der Waals surface area contributed by atoms with E-state index in [-0.39, 0.29) is 21.8 Å². The molecule has 0 saturated heterocycles. The van der Waals surface area contributed by atoms with E-state index in [4.69, 9.17) is 0 Å². The van der Waals surface area contributed by atoms with Gasteiger partial charge in [0, 0.05) is 18.8 Å². The number of aryl methyl sites for hydroxylation is 1. The Bertz CT molecular complexity index is 1020. The van der Waals surface area contributed by atoms with Gasteiger partial charge in [-0.15, -0.1) is 0 Å². The van der Waals surface area contributed by atoms with Gasteiger partial charge in [-0.25, -0.2) is 13.2 Å². The summed E-state index contributed by atoms with van der Waals surface area (Å²) < 4.78 is 26.7. The molecule has 2 aromatic carbocycles. The van der Waals surface area contributed by atoms with E-state index < -0.39 is 15.8 Å². The topological polar surface area (TPSA) is 89.3 Å². The van der Waals surface area contributed by atoms with Crippen molar-refractivity contribution in [1.82, 2.24) is 9.78 Å². The Kier molecular flexibility index (Phi) is 4.41. The molecule has 0 aliphatic heterocycles. The summed E-state index contributed by atoms with van der Waals surface area (Å²) in [7, 11) is -1.87. The number of carboxylic acid groups (broad SMARTS) is 1. The maximum Gasteiger partial charge on any atom is 0.336 e. The monoisotopic (exact) mass is 356 g/mol. The highest BCUT2D eigenvalue weighted by molar-refractivity contribution is 7.90. The van der Waals surface area contributed by atoms with E-state index >= 15 is 0 Å². The highest BCUT2D eigenvalue weighted by Gasteiger charge is 2.20. The highest BCUT2D eigenvalue weighted by Crippen LogP contribution is 2.25. The number of aromatic nitrogens is 2. The minimum Gasteiger partial charge on any atom is -0.478 e. The number of sulfone groups is 1. The Balaban J connectivity index is 2.02. The Hall–Kier alpha value is -2.93. The zero-order valence-corrected chi connectivity index (χ0v) is 14.3. The van der Waals surface area contributed by atoms with Crippen LogP contribution in [0.25, 0.3) is 11.3 Å². The first-order chi connectivity index (χ1) is 11.9. The van der Waals surface area contributed by atoms with Crippen molar-refractivity contribution < 1.29 is 18.3 Å². The summed E-state index contributed by atoms with van der Waals surface area (Å²) >= 11 is 0. The number of carbonyl (C=O) groups is 1. The number of rotatable bonds is 5. The van der Waals surface area contributed by atoms with Gasteiger partial charge in [0.1, 0.15) is 0 Å². The van der Waals surface area contributed by atoms with E-state index in [9.17, 15) is 18.3 Å². The molecule has 6 nitrogen and oxygen atoms in total. The molecule has 3 rings (SSSR count). The van der Waals surface area contributed by atoms with Crippen LogP contribution in [-0.2, 0) is 22.6 Å². The fourth-order valence-corrected chi connectivity index (χ4v) is 4.03. The van der Waals surface area contributed by atoms with Crippen LogP contribution >= 0.6 is 0 Å². The van der Waals surface area contributed by atoms with Crippen LogP contribution in [0.3, 0.4) is 0 Å². The molecule has 1 aromatic heterocycles. The van der Waals surface area contributed by atoms with Crippen LogP contribution < -0.4 is 0 Å². The first-order valence-electron chi connectivity index (χ1n) is 7.51. The summed E-state index contributed by atoms with van der Waals surface area (Å²) in [5.41, 5.74) is 1.64. The van der Waals surface area contributed by atoms with Gasteiger partial charge in [0.25, 0.3) is 0 Å². The van der Waals surface area contributed by atoms with Crippen LogP contribution in [0, 0.1) is 0 Å². The van der Waals surface area contributed by atoms with Crippen LogP contribution in [0.2, 0.25) is 0 Å². The maximum absolute atomic E-state index is 12.5. The number of aromatic carboxylic acids is 1. The fraction of sp³-hybridized carbons (Fsp3) is 0.111. The smallest absolute Gasteiger partial charge is 0.336 e. The lowest BCUT2D eigenvalue weighted by Gasteiger charge is -2.10. The standard InChI is InChI=1S/C18H16N2O4S/c1-20-17(9-10-19-20)13-7-8-14(16(11-13)18(21)22)12-25(23,24)15-5-3-2-4-6-15/h2-11H,12H2,1H3,(H,21,22). The molecule has 7 heteroatoms. The zero-order valence-electron chi connectivity index (χ0n) is 13.5. The van der Waals surface area contributed by atoms with Crippen molar-refractivity contribution in [3.63, 3.8) is 0 Å². The molecule has 1 heterocycles. The van der Waals surface area contributed by atoms with Crippen LogP contribution in [0.5, 0.6) is 0 Å². The molecule has 0 bridgehead atoms. The van der Waals surface area contributed by atoms with Gasteiger partial charge < -0.3 is 5.11 Å². The lowest BCUT2D eigenvalue weighted by Crippen LogP contribution is -2.10. The van der Waals surface area contributed by atoms with Gasteiger partial charge in [0.15, 0.2) is 9.84 Å². The molecular formula is C18H16N2O4S. The number of hydrogen-bond acceptors (Lipinski definition) is 4. The van der Waals surface area contributed by atoms with Crippen LogP contribution in [0.1, 0.15) is 15.9 Å². The molecule has 0 unspecified atom stereocenters. The largest absolute Gasteiger partial charge is 0.478 e. The molecule has 0 spiro atoms. The average Bonchev–Trinajstić information content (AvgIpc) is 3.01. The van der Waals surface area contributed by atoms with E-state index in [1.54, 1.807) is 54.3 Å². The normalized spacial score (nSPS) is 11.4. The number of nitrogens with zero attached hydrogens (tertiary/aromatic N) is 2.